The van der Waals surface area contributed by atoms with Gasteiger partial charge < -0.3 is 10.5 Å². The Balaban J connectivity index is 2.16. The molecule has 1 rings (SSSR count). The SMILES string of the molecule is NCC=CCN1CCCOCC1. The van der Waals surface area contributed by atoms with Crippen LogP contribution in [-0.2, 0) is 4.74 Å². The highest BCUT2D eigenvalue weighted by Crippen LogP contribution is 1.98. The Labute approximate surface area is 74.2 Å². The van der Waals surface area contributed by atoms with Gasteiger partial charge in [-0.15, -0.1) is 0 Å². The zero-order valence-electron chi connectivity index (χ0n) is 7.54. The smallest absolute Gasteiger partial charge is 0.0593 e. The fourth-order valence-corrected chi connectivity index (χ4v) is 1.30. The zero-order chi connectivity index (χ0) is 8.65. The molecule has 0 saturated carbocycles. The molecule has 0 aromatic heterocycles. The lowest BCUT2D eigenvalue weighted by molar-refractivity contribution is 0.143. The molecule has 1 saturated heterocycles. The molecular formula is C9H18N2O. The van der Waals surface area contributed by atoms with Crippen LogP contribution in [0.4, 0.5) is 0 Å². The maximum absolute atomic E-state index is 5.34. The number of ether oxygens (including phenoxy) is 1. The van der Waals surface area contributed by atoms with Crippen LogP contribution in [0.15, 0.2) is 12.2 Å². The number of hydrogen-bond donors (Lipinski definition) is 1. The molecule has 0 radical (unpaired) electrons. The van der Waals surface area contributed by atoms with E-state index in [1.807, 2.05) is 6.08 Å². The molecule has 0 bridgehead atoms. The van der Waals surface area contributed by atoms with Crippen LogP contribution >= 0.6 is 0 Å². The highest BCUT2D eigenvalue weighted by Gasteiger charge is 2.05. The van der Waals surface area contributed by atoms with E-state index < -0.39 is 0 Å². The van der Waals surface area contributed by atoms with E-state index in [0.29, 0.717) is 6.54 Å². The lowest BCUT2D eigenvalue weighted by atomic mass is 10.4. The third kappa shape index (κ3) is 3.85. The molecule has 3 heteroatoms. The summed E-state index contributed by atoms with van der Waals surface area (Å²) in [4.78, 5) is 2.39. The van der Waals surface area contributed by atoms with Crippen molar-refractivity contribution in [3.63, 3.8) is 0 Å². The molecule has 0 aromatic carbocycles. The summed E-state index contributed by atoms with van der Waals surface area (Å²) in [6, 6.07) is 0. The van der Waals surface area contributed by atoms with Crippen LogP contribution in [0.3, 0.4) is 0 Å². The van der Waals surface area contributed by atoms with Gasteiger partial charge in [-0.25, -0.2) is 0 Å². The van der Waals surface area contributed by atoms with Gasteiger partial charge in [0.05, 0.1) is 6.61 Å². The normalized spacial score (nSPS) is 21.4. The molecule has 2 N–H and O–H groups in total. The van der Waals surface area contributed by atoms with E-state index in [0.717, 1.165) is 39.3 Å². The van der Waals surface area contributed by atoms with Gasteiger partial charge in [0, 0.05) is 32.8 Å². The molecule has 0 unspecified atom stereocenters. The van der Waals surface area contributed by atoms with Crippen molar-refractivity contribution in [2.24, 2.45) is 5.73 Å². The summed E-state index contributed by atoms with van der Waals surface area (Å²) >= 11 is 0. The average molecular weight is 170 g/mol. The third-order valence-electron chi connectivity index (χ3n) is 1.98. The van der Waals surface area contributed by atoms with Crippen molar-refractivity contribution in [3.05, 3.63) is 12.2 Å². The molecule has 0 spiro atoms. The highest BCUT2D eigenvalue weighted by molar-refractivity contribution is 4.85. The van der Waals surface area contributed by atoms with Crippen molar-refractivity contribution in [2.45, 2.75) is 6.42 Å². The molecule has 0 aliphatic carbocycles. The molecule has 3 nitrogen and oxygen atoms in total. The molecule has 1 aliphatic rings. The van der Waals surface area contributed by atoms with E-state index in [2.05, 4.69) is 11.0 Å². The minimum absolute atomic E-state index is 0.643. The Morgan fingerprint density at radius 2 is 2.17 bits per heavy atom. The van der Waals surface area contributed by atoms with Gasteiger partial charge in [-0.3, -0.25) is 4.90 Å². The highest BCUT2D eigenvalue weighted by atomic mass is 16.5. The van der Waals surface area contributed by atoms with Crippen LogP contribution in [0.5, 0.6) is 0 Å². The minimum Gasteiger partial charge on any atom is -0.380 e. The quantitative estimate of drug-likeness (QED) is 0.616. The Kier molecular flexibility index (Phi) is 4.99. The lowest BCUT2D eigenvalue weighted by Crippen LogP contribution is -2.26. The maximum Gasteiger partial charge on any atom is 0.0593 e. The van der Waals surface area contributed by atoms with Crippen LogP contribution in [0.1, 0.15) is 6.42 Å². The van der Waals surface area contributed by atoms with E-state index >= 15 is 0 Å². The lowest BCUT2D eigenvalue weighted by Gasteiger charge is -2.15. The van der Waals surface area contributed by atoms with Gasteiger partial charge in [0.1, 0.15) is 0 Å². The van der Waals surface area contributed by atoms with Crippen LogP contribution < -0.4 is 5.73 Å². The van der Waals surface area contributed by atoms with Crippen LogP contribution in [-0.4, -0.2) is 44.3 Å². The monoisotopic (exact) mass is 170 g/mol. The molecule has 1 fully saturated rings. The first-order valence-electron chi connectivity index (χ1n) is 4.58. The van der Waals surface area contributed by atoms with Crippen LogP contribution in [0.2, 0.25) is 0 Å². The second-order valence-electron chi connectivity index (χ2n) is 2.97. The molecular weight excluding hydrogens is 152 g/mol. The van der Waals surface area contributed by atoms with E-state index in [-0.39, 0.29) is 0 Å². The van der Waals surface area contributed by atoms with E-state index in [1.165, 1.54) is 0 Å². The topological polar surface area (TPSA) is 38.5 Å². The fraction of sp³-hybridized carbons (Fsp3) is 0.778. The standard InChI is InChI=1S/C9H18N2O/c10-4-1-2-5-11-6-3-8-12-9-7-11/h1-2H,3-10H2. The summed E-state index contributed by atoms with van der Waals surface area (Å²) in [5, 5.41) is 0. The van der Waals surface area contributed by atoms with Crippen LogP contribution in [0, 0.1) is 0 Å². The fourth-order valence-electron chi connectivity index (χ4n) is 1.30. The molecule has 12 heavy (non-hydrogen) atoms. The van der Waals surface area contributed by atoms with Gasteiger partial charge in [0.2, 0.25) is 0 Å². The molecule has 0 atom stereocenters. The first-order chi connectivity index (χ1) is 5.93. The predicted molar refractivity (Wildman–Crippen MR) is 50.1 cm³/mol. The summed E-state index contributed by atoms with van der Waals surface area (Å²) < 4.78 is 5.34. The Morgan fingerprint density at radius 1 is 1.25 bits per heavy atom. The summed E-state index contributed by atoms with van der Waals surface area (Å²) in [6.07, 6.45) is 5.29. The van der Waals surface area contributed by atoms with Crippen molar-refractivity contribution < 1.29 is 4.74 Å². The molecule has 0 amide bonds. The van der Waals surface area contributed by atoms with Crippen molar-refractivity contribution in [1.82, 2.24) is 4.90 Å². The number of nitrogens with two attached hydrogens (primary N) is 1. The molecule has 1 aliphatic heterocycles. The first kappa shape index (κ1) is 9.71. The summed E-state index contributed by atoms with van der Waals surface area (Å²) in [5.74, 6) is 0. The third-order valence-corrected chi connectivity index (χ3v) is 1.98. The van der Waals surface area contributed by atoms with Gasteiger partial charge in [-0.05, 0) is 6.42 Å². The molecule has 0 aromatic rings. The van der Waals surface area contributed by atoms with Crippen molar-refractivity contribution in [2.75, 3.05) is 39.4 Å². The Hall–Kier alpha value is -0.380. The van der Waals surface area contributed by atoms with Gasteiger partial charge in [-0.1, -0.05) is 12.2 Å². The Bertz CT molecular complexity index is 128. The Morgan fingerprint density at radius 3 is 3.00 bits per heavy atom. The second-order valence-corrected chi connectivity index (χ2v) is 2.97. The van der Waals surface area contributed by atoms with Crippen LogP contribution in [0.25, 0.3) is 0 Å². The average Bonchev–Trinajstić information content (AvgIpc) is 2.33. The first-order valence-corrected chi connectivity index (χ1v) is 4.58. The summed E-state index contributed by atoms with van der Waals surface area (Å²) in [6.45, 7) is 5.64. The largest absolute Gasteiger partial charge is 0.380 e. The molecule has 70 valence electrons. The minimum atomic E-state index is 0.643. The van der Waals surface area contributed by atoms with E-state index in [4.69, 9.17) is 10.5 Å². The predicted octanol–water partition coefficient (Wildman–Crippen LogP) is 0.224. The van der Waals surface area contributed by atoms with Gasteiger partial charge >= 0.3 is 0 Å². The second kappa shape index (κ2) is 6.17. The maximum atomic E-state index is 5.34. The molecule has 1 heterocycles. The van der Waals surface area contributed by atoms with Crippen molar-refractivity contribution >= 4 is 0 Å². The van der Waals surface area contributed by atoms with Gasteiger partial charge in [-0.2, -0.15) is 0 Å². The number of rotatable bonds is 3. The van der Waals surface area contributed by atoms with Gasteiger partial charge in [0.15, 0.2) is 0 Å². The summed E-state index contributed by atoms with van der Waals surface area (Å²) in [5.41, 5.74) is 5.34. The van der Waals surface area contributed by atoms with Crippen molar-refractivity contribution in [3.8, 4) is 0 Å². The zero-order valence-corrected chi connectivity index (χ0v) is 7.54. The van der Waals surface area contributed by atoms with E-state index in [1.54, 1.807) is 0 Å². The van der Waals surface area contributed by atoms with Crippen molar-refractivity contribution in [1.29, 1.82) is 0 Å². The van der Waals surface area contributed by atoms with Gasteiger partial charge in [0.25, 0.3) is 0 Å². The number of nitrogens with zero attached hydrogens (tertiary/aromatic N) is 1. The summed E-state index contributed by atoms with van der Waals surface area (Å²) in [7, 11) is 0. The number of hydrogen-bond acceptors (Lipinski definition) is 3. The van der Waals surface area contributed by atoms with E-state index in [9.17, 15) is 0 Å².